The van der Waals surface area contributed by atoms with E-state index in [1.54, 1.807) is 13.0 Å². The fourth-order valence-electron chi connectivity index (χ4n) is 2.63. The van der Waals surface area contributed by atoms with Crippen LogP contribution in [0.25, 0.3) is 0 Å². The van der Waals surface area contributed by atoms with Gasteiger partial charge in [-0.15, -0.1) is 0 Å². The third-order valence-electron chi connectivity index (χ3n) is 3.69. The van der Waals surface area contributed by atoms with E-state index in [1.807, 2.05) is 6.92 Å². The third-order valence-corrected chi connectivity index (χ3v) is 5.32. The van der Waals surface area contributed by atoms with Crippen LogP contribution in [-0.4, -0.2) is 21.0 Å². The number of hydrogen-bond acceptors (Lipinski definition) is 4. The Morgan fingerprint density at radius 3 is 2.65 bits per heavy atom. The molecule has 1 aliphatic carbocycles. The summed E-state index contributed by atoms with van der Waals surface area (Å²) in [6.07, 6.45) is 5.27. The van der Waals surface area contributed by atoms with Gasteiger partial charge in [-0.1, -0.05) is 26.2 Å². The zero-order chi connectivity index (χ0) is 14.6. The zero-order valence-corrected chi connectivity index (χ0v) is 13.1. The maximum atomic E-state index is 12.4. The summed E-state index contributed by atoms with van der Waals surface area (Å²) in [7, 11) is -3.47. The van der Waals surface area contributed by atoms with Crippen LogP contribution >= 0.6 is 0 Å². The highest BCUT2D eigenvalue weighted by molar-refractivity contribution is 7.89. The van der Waals surface area contributed by atoms with E-state index in [1.165, 1.54) is 6.42 Å². The quantitative estimate of drug-likeness (QED) is 0.845. The summed E-state index contributed by atoms with van der Waals surface area (Å²) in [5.41, 5.74) is 0. The van der Waals surface area contributed by atoms with Crippen LogP contribution in [0.3, 0.4) is 0 Å². The molecule has 20 heavy (non-hydrogen) atoms. The van der Waals surface area contributed by atoms with E-state index in [9.17, 15) is 8.42 Å². The third kappa shape index (κ3) is 3.84. The summed E-state index contributed by atoms with van der Waals surface area (Å²) in [6.45, 7) is 5.07. The van der Waals surface area contributed by atoms with E-state index >= 15 is 0 Å². The van der Waals surface area contributed by atoms with E-state index in [2.05, 4.69) is 10.0 Å². The second kappa shape index (κ2) is 6.74. The van der Waals surface area contributed by atoms with Crippen LogP contribution in [-0.2, 0) is 16.6 Å². The number of hydrogen-bond donors (Lipinski definition) is 2. The number of rotatable bonds is 6. The first-order valence-electron chi connectivity index (χ1n) is 7.35. The van der Waals surface area contributed by atoms with Gasteiger partial charge in [-0.3, -0.25) is 0 Å². The van der Waals surface area contributed by atoms with Gasteiger partial charge in [0.05, 0.1) is 6.54 Å². The normalized spacial score (nSPS) is 17.5. The van der Waals surface area contributed by atoms with Gasteiger partial charge in [0.25, 0.3) is 0 Å². The molecule has 0 saturated heterocycles. The average molecular weight is 300 g/mol. The van der Waals surface area contributed by atoms with Crippen molar-refractivity contribution in [1.82, 2.24) is 10.0 Å². The van der Waals surface area contributed by atoms with Gasteiger partial charge in [0.15, 0.2) is 0 Å². The molecule has 0 amide bonds. The lowest BCUT2D eigenvalue weighted by Crippen LogP contribution is -2.36. The van der Waals surface area contributed by atoms with Crippen LogP contribution in [0.5, 0.6) is 0 Å². The molecule has 0 aromatic carbocycles. The maximum Gasteiger partial charge on any atom is 0.244 e. The Morgan fingerprint density at radius 1 is 1.30 bits per heavy atom. The molecule has 1 saturated carbocycles. The maximum absolute atomic E-state index is 12.4. The van der Waals surface area contributed by atoms with Crippen molar-refractivity contribution in [2.24, 2.45) is 0 Å². The smallest absolute Gasteiger partial charge is 0.244 e. The van der Waals surface area contributed by atoms with Crippen LogP contribution in [0.2, 0.25) is 0 Å². The molecule has 0 aliphatic heterocycles. The van der Waals surface area contributed by atoms with Crippen LogP contribution in [0, 0.1) is 6.92 Å². The molecule has 0 radical (unpaired) electrons. The van der Waals surface area contributed by atoms with E-state index in [0.717, 1.165) is 32.2 Å². The molecular weight excluding hydrogens is 276 g/mol. The highest BCUT2D eigenvalue weighted by Crippen LogP contribution is 2.23. The van der Waals surface area contributed by atoms with Gasteiger partial charge in [-0.25, -0.2) is 13.1 Å². The molecule has 1 fully saturated rings. The van der Waals surface area contributed by atoms with Crippen LogP contribution in [0.1, 0.15) is 50.5 Å². The first-order chi connectivity index (χ1) is 9.53. The summed E-state index contributed by atoms with van der Waals surface area (Å²) in [6, 6.07) is 1.70. The fourth-order valence-corrected chi connectivity index (χ4v) is 4.14. The summed E-state index contributed by atoms with van der Waals surface area (Å²) < 4.78 is 33.2. The Morgan fingerprint density at radius 2 is 2.00 bits per heavy atom. The Kier molecular flexibility index (Phi) is 5.23. The molecule has 0 bridgehead atoms. The second-order valence-electron chi connectivity index (χ2n) is 5.37. The largest absolute Gasteiger partial charge is 0.464 e. The second-order valence-corrected chi connectivity index (χ2v) is 7.05. The molecular formula is C14H24N2O3S. The first-order valence-corrected chi connectivity index (χ1v) is 8.83. The van der Waals surface area contributed by atoms with Crippen LogP contribution in [0.15, 0.2) is 15.4 Å². The van der Waals surface area contributed by atoms with Gasteiger partial charge in [0, 0.05) is 12.1 Å². The number of nitrogens with one attached hydrogen (secondary N) is 2. The summed E-state index contributed by atoms with van der Waals surface area (Å²) in [5.74, 6) is 1.12. The predicted molar refractivity (Wildman–Crippen MR) is 78.0 cm³/mol. The lowest BCUT2D eigenvalue weighted by molar-refractivity contribution is 0.411. The van der Waals surface area contributed by atoms with E-state index in [0.29, 0.717) is 18.1 Å². The Bertz CT molecular complexity index is 531. The van der Waals surface area contributed by atoms with Crippen molar-refractivity contribution < 1.29 is 12.8 Å². The monoisotopic (exact) mass is 300 g/mol. The standard InChI is InChI=1S/C14H24N2O3S/c1-3-15-10-13-9-14(11(2)19-13)20(17,18)16-12-7-5-4-6-8-12/h9,12,15-16H,3-8,10H2,1-2H3. The van der Waals surface area contributed by atoms with Crippen LogP contribution in [0.4, 0.5) is 0 Å². The molecule has 114 valence electrons. The number of furan rings is 1. The lowest BCUT2D eigenvalue weighted by atomic mass is 9.96. The highest BCUT2D eigenvalue weighted by Gasteiger charge is 2.25. The van der Waals surface area contributed by atoms with Crippen LogP contribution < -0.4 is 10.0 Å². The van der Waals surface area contributed by atoms with Crippen molar-refractivity contribution in [2.45, 2.75) is 63.4 Å². The predicted octanol–water partition coefficient (Wildman–Crippen LogP) is 2.31. The lowest BCUT2D eigenvalue weighted by Gasteiger charge is -2.22. The van der Waals surface area contributed by atoms with Gasteiger partial charge < -0.3 is 9.73 Å². The summed E-state index contributed by atoms with van der Waals surface area (Å²) in [5, 5.41) is 3.13. The van der Waals surface area contributed by atoms with Crippen molar-refractivity contribution in [2.75, 3.05) is 6.54 Å². The molecule has 2 N–H and O–H groups in total. The van der Waals surface area contributed by atoms with Crippen molar-refractivity contribution in [3.05, 3.63) is 17.6 Å². The average Bonchev–Trinajstić information content (AvgIpc) is 2.79. The molecule has 1 heterocycles. The number of aryl methyl sites for hydroxylation is 1. The SMILES string of the molecule is CCNCc1cc(S(=O)(=O)NC2CCCCC2)c(C)o1. The van der Waals surface area contributed by atoms with E-state index in [-0.39, 0.29) is 10.9 Å². The topological polar surface area (TPSA) is 71.3 Å². The van der Waals surface area contributed by atoms with Gasteiger partial charge >= 0.3 is 0 Å². The highest BCUT2D eigenvalue weighted by atomic mass is 32.2. The summed E-state index contributed by atoms with van der Waals surface area (Å²) >= 11 is 0. The van der Waals surface area contributed by atoms with Gasteiger partial charge in [-0.2, -0.15) is 0 Å². The molecule has 6 heteroatoms. The Balaban J connectivity index is 2.09. The minimum atomic E-state index is -3.47. The first kappa shape index (κ1) is 15.5. The Labute approximate surface area is 121 Å². The van der Waals surface area contributed by atoms with Crippen molar-refractivity contribution in [1.29, 1.82) is 0 Å². The van der Waals surface area contributed by atoms with E-state index < -0.39 is 10.0 Å². The molecule has 0 spiro atoms. The van der Waals surface area contributed by atoms with Crippen molar-refractivity contribution >= 4 is 10.0 Å². The molecule has 1 aromatic rings. The zero-order valence-electron chi connectivity index (χ0n) is 12.2. The molecule has 0 atom stereocenters. The molecule has 1 aromatic heterocycles. The molecule has 0 unspecified atom stereocenters. The minimum absolute atomic E-state index is 0.0697. The van der Waals surface area contributed by atoms with Gasteiger partial charge in [0.1, 0.15) is 16.4 Å². The summed E-state index contributed by atoms with van der Waals surface area (Å²) in [4.78, 5) is 0.274. The number of sulfonamides is 1. The van der Waals surface area contributed by atoms with Crippen molar-refractivity contribution in [3.63, 3.8) is 0 Å². The fraction of sp³-hybridized carbons (Fsp3) is 0.714. The van der Waals surface area contributed by atoms with E-state index in [4.69, 9.17) is 4.42 Å². The Hall–Kier alpha value is -0.850. The molecule has 5 nitrogen and oxygen atoms in total. The molecule has 2 rings (SSSR count). The van der Waals surface area contributed by atoms with Gasteiger partial charge in [0.2, 0.25) is 10.0 Å². The van der Waals surface area contributed by atoms with Gasteiger partial charge in [-0.05, 0) is 26.3 Å². The molecule has 1 aliphatic rings. The van der Waals surface area contributed by atoms with Crippen molar-refractivity contribution in [3.8, 4) is 0 Å². The minimum Gasteiger partial charge on any atom is -0.464 e.